The molecule has 0 N–H and O–H groups in total. The van der Waals surface area contributed by atoms with E-state index in [-0.39, 0.29) is 12.4 Å². The Morgan fingerprint density at radius 2 is 1.03 bits per heavy atom. The number of hydrogen-bond acceptors (Lipinski definition) is 1. The molecule has 29 heavy (non-hydrogen) atoms. The van der Waals surface area contributed by atoms with Crippen molar-refractivity contribution in [1.82, 2.24) is 0 Å². The fourth-order valence-electron chi connectivity index (χ4n) is 4.06. The maximum atomic E-state index is 5.50. The SMILES string of the molecule is COc1cccc(C[PH](c2ccccc2)(c2ccccc2)c2ccccc2)c1.Cl. The van der Waals surface area contributed by atoms with Gasteiger partial charge < -0.3 is 0 Å². The van der Waals surface area contributed by atoms with Gasteiger partial charge in [-0.15, -0.1) is 12.4 Å². The van der Waals surface area contributed by atoms with Crippen molar-refractivity contribution < 1.29 is 4.74 Å². The molecule has 0 aliphatic heterocycles. The van der Waals surface area contributed by atoms with Crippen molar-refractivity contribution in [2.24, 2.45) is 0 Å². The summed E-state index contributed by atoms with van der Waals surface area (Å²) in [6, 6.07) is 41.6. The van der Waals surface area contributed by atoms with Crippen LogP contribution in [0.15, 0.2) is 115 Å². The van der Waals surface area contributed by atoms with Gasteiger partial charge in [0.1, 0.15) is 0 Å². The van der Waals surface area contributed by atoms with Gasteiger partial charge in [-0.3, -0.25) is 0 Å². The molecule has 4 aromatic carbocycles. The Bertz CT molecular complexity index is 923. The molecule has 0 fully saturated rings. The molecule has 0 aromatic heterocycles. The summed E-state index contributed by atoms with van der Waals surface area (Å²) in [6.07, 6.45) is 0.988. The maximum Gasteiger partial charge on any atom is -0.147 e. The van der Waals surface area contributed by atoms with Crippen molar-refractivity contribution in [3.63, 3.8) is 0 Å². The van der Waals surface area contributed by atoms with Crippen LogP contribution in [-0.4, -0.2) is 7.11 Å². The zero-order valence-corrected chi connectivity index (χ0v) is 18.3. The van der Waals surface area contributed by atoms with Gasteiger partial charge in [-0.25, -0.2) is 0 Å². The van der Waals surface area contributed by atoms with Gasteiger partial charge in [0.2, 0.25) is 0 Å². The molecule has 0 bridgehead atoms. The topological polar surface area (TPSA) is 9.23 Å². The summed E-state index contributed by atoms with van der Waals surface area (Å²) in [5.41, 5.74) is 1.31. The van der Waals surface area contributed by atoms with Crippen LogP contribution in [0.25, 0.3) is 0 Å². The van der Waals surface area contributed by atoms with Crippen LogP contribution < -0.4 is 20.7 Å². The zero-order valence-electron chi connectivity index (χ0n) is 16.5. The fourth-order valence-corrected chi connectivity index (χ4v) is 8.79. The maximum absolute atomic E-state index is 5.50. The Labute approximate surface area is 180 Å². The van der Waals surface area contributed by atoms with Crippen molar-refractivity contribution in [2.75, 3.05) is 7.11 Å². The summed E-state index contributed by atoms with van der Waals surface area (Å²) in [4.78, 5) is 0. The van der Waals surface area contributed by atoms with Crippen molar-refractivity contribution in [3.05, 3.63) is 121 Å². The van der Waals surface area contributed by atoms with E-state index in [1.807, 2.05) is 6.07 Å². The Balaban J connectivity index is 0.00000240. The molecule has 0 saturated heterocycles. The Kier molecular flexibility index (Phi) is 7.09. The van der Waals surface area contributed by atoms with Gasteiger partial charge in [0.05, 0.1) is 0 Å². The first-order valence-corrected chi connectivity index (χ1v) is 11.8. The second-order valence-electron chi connectivity index (χ2n) is 7.03. The largest absolute Gasteiger partial charge is 0.147 e. The molecule has 0 radical (unpaired) electrons. The van der Waals surface area contributed by atoms with Crippen molar-refractivity contribution in [3.8, 4) is 5.75 Å². The Hall–Kier alpha value is -2.60. The summed E-state index contributed by atoms with van der Waals surface area (Å²) in [6.45, 7) is 0. The monoisotopic (exact) mass is 420 g/mol. The normalized spacial score (nSPS) is 11.3. The van der Waals surface area contributed by atoms with Gasteiger partial charge >= 0.3 is 168 Å². The van der Waals surface area contributed by atoms with E-state index in [0.29, 0.717) is 0 Å². The second-order valence-corrected chi connectivity index (χ2v) is 10.9. The number of benzene rings is 4. The van der Waals surface area contributed by atoms with Crippen LogP contribution in [-0.2, 0) is 6.16 Å². The van der Waals surface area contributed by atoms with E-state index < -0.39 is 7.26 Å². The van der Waals surface area contributed by atoms with Gasteiger partial charge in [-0.2, -0.15) is 0 Å². The molecule has 148 valence electrons. The van der Waals surface area contributed by atoms with E-state index in [0.717, 1.165) is 11.9 Å². The third-order valence-corrected chi connectivity index (χ3v) is 10.3. The predicted octanol–water partition coefficient (Wildman–Crippen LogP) is 5.34. The van der Waals surface area contributed by atoms with Crippen LogP contribution in [0.2, 0.25) is 0 Å². The quantitative estimate of drug-likeness (QED) is 0.382. The third-order valence-electron chi connectivity index (χ3n) is 5.40. The van der Waals surface area contributed by atoms with E-state index in [9.17, 15) is 0 Å². The molecular weight excluding hydrogens is 395 g/mol. The molecule has 4 aromatic rings. The number of hydrogen-bond donors (Lipinski definition) is 0. The van der Waals surface area contributed by atoms with Gasteiger partial charge in [0, 0.05) is 0 Å². The van der Waals surface area contributed by atoms with E-state index in [2.05, 4.69) is 109 Å². The van der Waals surface area contributed by atoms with Crippen LogP contribution >= 0.6 is 19.7 Å². The summed E-state index contributed by atoms with van der Waals surface area (Å²) in [7, 11) is -0.524. The number of rotatable bonds is 6. The van der Waals surface area contributed by atoms with Crippen LogP contribution in [0.5, 0.6) is 5.75 Å². The van der Waals surface area contributed by atoms with Crippen LogP contribution in [0.4, 0.5) is 0 Å². The molecule has 0 aliphatic carbocycles. The van der Waals surface area contributed by atoms with Crippen LogP contribution in [0.1, 0.15) is 5.56 Å². The minimum absolute atomic E-state index is 0. The Morgan fingerprint density at radius 1 is 0.586 bits per heavy atom. The molecule has 0 heterocycles. The first-order chi connectivity index (χ1) is 13.8. The molecule has 4 rings (SSSR count). The fraction of sp³-hybridized carbons (Fsp3) is 0.0769. The van der Waals surface area contributed by atoms with E-state index in [1.165, 1.54) is 21.5 Å². The summed E-state index contributed by atoms with van der Waals surface area (Å²) in [5.74, 6) is 0.912. The molecule has 0 unspecified atom stereocenters. The minimum atomic E-state index is -2.26. The molecule has 0 atom stereocenters. The standard InChI is InChI=1S/C26H25OP.ClH/c1-27-23-13-11-12-22(20-23)21-28(24-14-5-2-6-15-24,25-16-7-3-8-17-25)26-18-9-4-10-19-26;/h2-20,28H,21H2,1H3;1H. The van der Waals surface area contributed by atoms with E-state index >= 15 is 0 Å². The summed E-state index contributed by atoms with van der Waals surface area (Å²) < 4.78 is 5.50. The van der Waals surface area contributed by atoms with Crippen molar-refractivity contribution >= 4 is 35.6 Å². The van der Waals surface area contributed by atoms with Gasteiger partial charge in [-0.05, 0) is 0 Å². The first kappa shape index (κ1) is 21.1. The molecular formula is C26H26ClOP. The molecule has 0 aliphatic rings. The Morgan fingerprint density at radius 3 is 1.45 bits per heavy atom. The van der Waals surface area contributed by atoms with Crippen molar-refractivity contribution in [1.29, 1.82) is 0 Å². The van der Waals surface area contributed by atoms with Crippen molar-refractivity contribution in [2.45, 2.75) is 6.16 Å². The molecule has 0 amide bonds. The zero-order chi connectivity index (χ0) is 19.2. The molecule has 3 heteroatoms. The van der Waals surface area contributed by atoms with Gasteiger partial charge in [0.15, 0.2) is 0 Å². The first-order valence-electron chi connectivity index (χ1n) is 9.62. The summed E-state index contributed by atoms with van der Waals surface area (Å²) >= 11 is 0. The molecule has 0 saturated carbocycles. The van der Waals surface area contributed by atoms with E-state index in [4.69, 9.17) is 4.74 Å². The van der Waals surface area contributed by atoms with E-state index in [1.54, 1.807) is 7.11 Å². The van der Waals surface area contributed by atoms with Gasteiger partial charge in [-0.1, -0.05) is 0 Å². The second kappa shape index (κ2) is 9.74. The number of halogens is 1. The third kappa shape index (κ3) is 4.37. The average molecular weight is 421 g/mol. The minimum Gasteiger partial charge on any atom is -0.147 e. The molecule has 1 nitrogen and oxygen atoms in total. The smallest absolute Gasteiger partial charge is 0.147 e. The molecule has 0 spiro atoms. The van der Waals surface area contributed by atoms with Crippen LogP contribution in [0, 0.1) is 0 Å². The van der Waals surface area contributed by atoms with Crippen LogP contribution in [0.3, 0.4) is 0 Å². The number of methoxy groups -OCH3 is 1. The summed E-state index contributed by atoms with van der Waals surface area (Å²) in [5, 5.41) is 4.28. The van der Waals surface area contributed by atoms with Gasteiger partial charge in [0.25, 0.3) is 0 Å². The number of ether oxygens (including phenoxy) is 1. The average Bonchev–Trinajstić information content (AvgIpc) is 2.79. The predicted molar refractivity (Wildman–Crippen MR) is 130 cm³/mol.